The van der Waals surface area contributed by atoms with Crippen LogP contribution in [0.4, 0.5) is 5.69 Å². The molecule has 214 valence electrons. The third-order valence-corrected chi connectivity index (χ3v) is 10.5. The number of benzene rings is 4. The summed E-state index contributed by atoms with van der Waals surface area (Å²) in [4.78, 5) is 2.77. The molecular weight excluding hydrogens is 532 g/mol. The summed E-state index contributed by atoms with van der Waals surface area (Å²) in [5.41, 5.74) is 13.8. The Labute approximate surface area is 260 Å². The molecule has 3 aliphatic carbocycles. The Hall–Kier alpha value is -4.82. The molecule has 0 bridgehead atoms. The first-order valence-electron chi connectivity index (χ1n) is 16.2. The monoisotopic (exact) mass is 568 g/mol. The molecule has 0 amide bonds. The van der Waals surface area contributed by atoms with E-state index in [0.717, 1.165) is 25.7 Å². The van der Waals surface area contributed by atoms with Crippen LogP contribution in [0.25, 0.3) is 34.0 Å². The molecule has 1 fully saturated rings. The summed E-state index contributed by atoms with van der Waals surface area (Å²) in [6, 6.07) is 40.9. The molecule has 0 saturated carbocycles. The van der Waals surface area contributed by atoms with E-state index in [1.807, 2.05) is 0 Å². The SMILES string of the molecule is C1=CC2C3Cc4c5c(n(-c6ccc(-c7ccccc7)cc6)c4CC3N(c3cccc(-c4ccccc4)c3)C2C=C1)CCC=C5. The number of hydrogen-bond acceptors (Lipinski definition) is 1. The minimum absolute atomic E-state index is 0.384. The maximum atomic E-state index is 2.77. The van der Waals surface area contributed by atoms with Crippen molar-refractivity contribution in [2.75, 3.05) is 4.90 Å². The highest BCUT2D eigenvalue weighted by Gasteiger charge is 2.50. The zero-order chi connectivity index (χ0) is 29.0. The molecule has 2 heterocycles. The number of rotatable bonds is 4. The summed E-state index contributed by atoms with van der Waals surface area (Å²) < 4.78 is 2.64. The maximum Gasteiger partial charge on any atom is 0.0545 e. The molecule has 9 rings (SSSR count). The number of fused-ring (bicyclic) bond motifs is 6. The van der Waals surface area contributed by atoms with Crippen molar-refractivity contribution >= 4 is 11.8 Å². The lowest BCUT2D eigenvalue weighted by atomic mass is 9.75. The van der Waals surface area contributed by atoms with Gasteiger partial charge in [-0.15, -0.1) is 0 Å². The minimum Gasteiger partial charge on any atom is -0.361 e. The van der Waals surface area contributed by atoms with Crippen molar-refractivity contribution in [1.82, 2.24) is 4.57 Å². The molecule has 0 spiro atoms. The lowest BCUT2D eigenvalue weighted by molar-refractivity contribution is 0.380. The number of allylic oxidation sites excluding steroid dienone is 3. The van der Waals surface area contributed by atoms with Gasteiger partial charge in [0.05, 0.1) is 6.04 Å². The first-order valence-corrected chi connectivity index (χ1v) is 16.2. The van der Waals surface area contributed by atoms with Gasteiger partial charge in [-0.3, -0.25) is 0 Å². The van der Waals surface area contributed by atoms with Crippen molar-refractivity contribution in [3.05, 3.63) is 162 Å². The fraction of sp³-hybridized carbons (Fsp3) is 0.190. The molecule has 1 aliphatic heterocycles. The Morgan fingerprint density at radius 1 is 0.591 bits per heavy atom. The van der Waals surface area contributed by atoms with Crippen LogP contribution < -0.4 is 4.90 Å². The third kappa shape index (κ3) is 4.08. The number of hydrogen-bond donors (Lipinski definition) is 0. The van der Waals surface area contributed by atoms with Crippen molar-refractivity contribution in [3.8, 4) is 27.9 Å². The summed E-state index contributed by atoms with van der Waals surface area (Å²) in [6.45, 7) is 0. The molecule has 2 heteroatoms. The summed E-state index contributed by atoms with van der Waals surface area (Å²) in [5, 5.41) is 0. The van der Waals surface area contributed by atoms with Crippen molar-refractivity contribution in [2.24, 2.45) is 11.8 Å². The molecule has 5 aromatic rings. The number of nitrogens with zero attached hydrogens (tertiary/aromatic N) is 2. The van der Waals surface area contributed by atoms with Gasteiger partial charge in [0.1, 0.15) is 0 Å². The lowest BCUT2D eigenvalue weighted by Gasteiger charge is -2.36. The summed E-state index contributed by atoms with van der Waals surface area (Å²) in [6.07, 6.45) is 18.7. The topological polar surface area (TPSA) is 8.17 Å². The van der Waals surface area contributed by atoms with Crippen LogP contribution >= 0.6 is 0 Å². The van der Waals surface area contributed by atoms with E-state index in [1.54, 1.807) is 5.56 Å². The minimum atomic E-state index is 0.384. The van der Waals surface area contributed by atoms with Gasteiger partial charge in [0, 0.05) is 41.1 Å². The molecule has 1 saturated heterocycles. The van der Waals surface area contributed by atoms with E-state index in [2.05, 4.69) is 155 Å². The molecule has 4 aromatic carbocycles. The van der Waals surface area contributed by atoms with Crippen LogP contribution in [0.2, 0.25) is 0 Å². The van der Waals surface area contributed by atoms with E-state index in [9.17, 15) is 0 Å². The van der Waals surface area contributed by atoms with E-state index in [1.165, 1.54) is 50.6 Å². The van der Waals surface area contributed by atoms with Gasteiger partial charge in [-0.05, 0) is 82.8 Å². The van der Waals surface area contributed by atoms with Gasteiger partial charge >= 0.3 is 0 Å². The first-order chi connectivity index (χ1) is 21.8. The average Bonchev–Trinajstić information content (AvgIpc) is 3.60. The van der Waals surface area contributed by atoms with Gasteiger partial charge in [-0.25, -0.2) is 0 Å². The highest BCUT2D eigenvalue weighted by Crippen LogP contribution is 2.50. The Morgan fingerprint density at radius 2 is 1.30 bits per heavy atom. The molecule has 1 aromatic heterocycles. The quantitative estimate of drug-likeness (QED) is 0.210. The van der Waals surface area contributed by atoms with Gasteiger partial charge in [-0.1, -0.05) is 121 Å². The zero-order valence-electron chi connectivity index (χ0n) is 24.9. The Balaban J connectivity index is 1.15. The summed E-state index contributed by atoms with van der Waals surface area (Å²) in [7, 11) is 0. The van der Waals surface area contributed by atoms with Gasteiger partial charge in [-0.2, -0.15) is 0 Å². The van der Waals surface area contributed by atoms with E-state index in [4.69, 9.17) is 0 Å². The van der Waals surface area contributed by atoms with Crippen molar-refractivity contribution < 1.29 is 0 Å². The maximum absolute atomic E-state index is 2.77. The first kappa shape index (κ1) is 25.7. The number of aromatic nitrogens is 1. The van der Waals surface area contributed by atoms with Crippen molar-refractivity contribution in [2.45, 2.75) is 37.8 Å². The Kier molecular flexibility index (Phi) is 6.07. The van der Waals surface area contributed by atoms with Gasteiger partial charge in [0.2, 0.25) is 0 Å². The van der Waals surface area contributed by atoms with Crippen LogP contribution in [0.1, 0.15) is 28.9 Å². The van der Waals surface area contributed by atoms with Gasteiger partial charge in [0.25, 0.3) is 0 Å². The van der Waals surface area contributed by atoms with Gasteiger partial charge in [0.15, 0.2) is 0 Å². The smallest absolute Gasteiger partial charge is 0.0545 e. The summed E-state index contributed by atoms with van der Waals surface area (Å²) >= 11 is 0. The second-order valence-corrected chi connectivity index (χ2v) is 12.8. The van der Waals surface area contributed by atoms with Crippen molar-refractivity contribution in [1.29, 1.82) is 0 Å². The van der Waals surface area contributed by atoms with E-state index >= 15 is 0 Å². The second kappa shape index (κ2) is 10.4. The van der Waals surface area contributed by atoms with Crippen molar-refractivity contribution in [3.63, 3.8) is 0 Å². The largest absolute Gasteiger partial charge is 0.361 e. The van der Waals surface area contributed by atoms with Crippen LogP contribution in [-0.4, -0.2) is 16.7 Å². The molecule has 44 heavy (non-hydrogen) atoms. The van der Waals surface area contributed by atoms with Crippen LogP contribution in [0, 0.1) is 11.8 Å². The van der Waals surface area contributed by atoms with E-state index in [0.29, 0.717) is 23.9 Å². The van der Waals surface area contributed by atoms with Crippen LogP contribution in [0.5, 0.6) is 0 Å². The molecule has 4 unspecified atom stereocenters. The Morgan fingerprint density at radius 3 is 2.09 bits per heavy atom. The predicted molar refractivity (Wildman–Crippen MR) is 183 cm³/mol. The molecular formula is C42H36N2. The third-order valence-electron chi connectivity index (χ3n) is 10.5. The Bertz CT molecular complexity index is 1920. The van der Waals surface area contributed by atoms with Crippen LogP contribution in [-0.2, 0) is 19.3 Å². The average molecular weight is 569 g/mol. The normalized spacial score (nSPS) is 22.8. The lowest BCUT2D eigenvalue weighted by Crippen LogP contribution is -2.41. The van der Waals surface area contributed by atoms with Crippen LogP contribution in [0.3, 0.4) is 0 Å². The second-order valence-electron chi connectivity index (χ2n) is 12.8. The molecule has 4 aliphatic rings. The fourth-order valence-electron chi connectivity index (χ4n) is 8.57. The molecule has 2 nitrogen and oxygen atoms in total. The highest BCUT2D eigenvalue weighted by atomic mass is 15.2. The number of anilines is 1. The van der Waals surface area contributed by atoms with Crippen LogP contribution in [0.15, 0.2) is 140 Å². The zero-order valence-corrected chi connectivity index (χ0v) is 24.9. The molecule has 0 N–H and O–H groups in total. The van der Waals surface area contributed by atoms with E-state index < -0.39 is 0 Å². The fourth-order valence-corrected chi connectivity index (χ4v) is 8.57. The molecule has 0 radical (unpaired) electrons. The highest BCUT2D eigenvalue weighted by molar-refractivity contribution is 5.71. The van der Waals surface area contributed by atoms with Gasteiger partial charge < -0.3 is 9.47 Å². The standard InChI is InChI=1S/C42H36N2/c1-3-12-29(13-4-1)31-22-24-33(25-23-31)43-39-20-9-7-18-35(39)37-27-38-36-19-8-10-21-40(36)44(42(38)28-41(37)43)34-17-11-16-32(26-34)30-14-5-2-6-15-30/h1-8,10-19,21-26,36,38,40,42H,9,20,27-28H2. The molecule has 4 atom stereocenters. The van der Waals surface area contributed by atoms with E-state index in [-0.39, 0.29) is 0 Å². The summed E-state index contributed by atoms with van der Waals surface area (Å²) in [5.74, 6) is 1.11. The predicted octanol–water partition coefficient (Wildman–Crippen LogP) is 9.49.